The molecule has 0 unspecified atom stereocenters. The number of ether oxygens (including phenoxy) is 1. The topological polar surface area (TPSA) is 55.3 Å². The Morgan fingerprint density at radius 1 is 1.29 bits per heavy atom. The summed E-state index contributed by atoms with van der Waals surface area (Å²) >= 11 is 0. The molecule has 21 heavy (non-hydrogen) atoms. The molecule has 5 nitrogen and oxygen atoms in total. The summed E-state index contributed by atoms with van der Waals surface area (Å²) < 4.78 is 6.33. The molecule has 3 heterocycles. The number of carbonyl (C=O) groups excluding carboxylic acids is 1. The Kier molecular flexibility index (Phi) is 3.48. The molecule has 0 aromatic carbocycles. The van der Waals surface area contributed by atoms with Crippen molar-refractivity contribution in [2.45, 2.75) is 51.2 Å². The zero-order chi connectivity index (χ0) is 15.1. The maximum Gasteiger partial charge on any atom is 0.291 e. The monoisotopic (exact) mass is 289 g/mol. The van der Waals surface area contributed by atoms with Crippen LogP contribution in [0.1, 0.15) is 50.7 Å². The number of hydrogen-bond acceptors (Lipinski definition) is 4. The summed E-state index contributed by atoms with van der Waals surface area (Å²) in [6, 6.07) is 1.72. The second kappa shape index (κ2) is 5.05. The van der Waals surface area contributed by atoms with Crippen molar-refractivity contribution in [1.82, 2.24) is 14.9 Å². The van der Waals surface area contributed by atoms with Crippen molar-refractivity contribution in [2.75, 3.05) is 13.1 Å². The molecule has 2 fully saturated rings. The van der Waals surface area contributed by atoms with E-state index < -0.39 is 0 Å². The van der Waals surface area contributed by atoms with Gasteiger partial charge in [0.15, 0.2) is 0 Å². The average Bonchev–Trinajstić information content (AvgIpc) is 2.45. The normalized spacial score (nSPS) is 31.6. The third-order valence-electron chi connectivity index (χ3n) is 4.83. The van der Waals surface area contributed by atoms with Crippen LogP contribution in [0.4, 0.5) is 0 Å². The van der Waals surface area contributed by atoms with Gasteiger partial charge in [0.1, 0.15) is 0 Å². The Labute approximate surface area is 125 Å². The van der Waals surface area contributed by atoms with Crippen LogP contribution in [-0.4, -0.2) is 45.1 Å². The van der Waals surface area contributed by atoms with Gasteiger partial charge in [0, 0.05) is 31.4 Å². The van der Waals surface area contributed by atoms with Gasteiger partial charge in [-0.15, -0.1) is 0 Å². The number of likely N-dealkylation sites (tertiary alicyclic amines) is 1. The highest BCUT2D eigenvalue weighted by molar-refractivity contribution is 5.90. The number of carbonyl (C=O) groups is 1. The molecule has 2 aliphatic rings. The van der Waals surface area contributed by atoms with E-state index in [1.807, 2.05) is 4.90 Å². The molecule has 1 aromatic heterocycles. The van der Waals surface area contributed by atoms with Crippen molar-refractivity contribution in [3.05, 3.63) is 24.3 Å². The van der Waals surface area contributed by atoms with E-state index in [2.05, 4.69) is 30.7 Å². The number of hydrogen-bond donors (Lipinski definition) is 0. The molecular weight excluding hydrogens is 266 g/mol. The van der Waals surface area contributed by atoms with E-state index >= 15 is 0 Å². The fraction of sp³-hybridized carbons (Fsp3) is 0.688. The Morgan fingerprint density at radius 3 is 2.71 bits per heavy atom. The lowest BCUT2D eigenvalue weighted by Crippen LogP contribution is -2.58. The van der Waals surface area contributed by atoms with Crippen LogP contribution < -0.4 is 0 Å². The molecule has 0 N–H and O–H groups in total. The predicted octanol–water partition coefficient (Wildman–Crippen LogP) is 2.29. The minimum absolute atomic E-state index is 0.0556. The Morgan fingerprint density at radius 2 is 2.00 bits per heavy atom. The zero-order valence-electron chi connectivity index (χ0n) is 13.0. The fourth-order valence-electron chi connectivity index (χ4n) is 3.58. The number of rotatable bonds is 1. The summed E-state index contributed by atoms with van der Waals surface area (Å²) in [6.45, 7) is 7.96. The zero-order valence-corrected chi connectivity index (χ0v) is 13.0. The van der Waals surface area contributed by atoms with Crippen molar-refractivity contribution >= 4 is 5.91 Å². The summed E-state index contributed by atoms with van der Waals surface area (Å²) in [5.74, 6) is 0.618. The molecule has 2 atom stereocenters. The van der Waals surface area contributed by atoms with Gasteiger partial charge in [-0.05, 0) is 46.1 Å². The molecule has 0 spiro atoms. The highest BCUT2D eigenvalue weighted by atomic mass is 16.5. The maximum atomic E-state index is 12.5. The van der Waals surface area contributed by atoms with E-state index in [-0.39, 0.29) is 22.9 Å². The summed E-state index contributed by atoms with van der Waals surface area (Å²) in [6.07, 6.45) is 6.24. The largest absolute Gasteiger partial charge is 0.369 e. The molecule has 2 saturated heterocycles. The lowest BCUT2D eigenvalue weighted by Gasteiger charge is -2.53. The SMILES string of the molecule is CC1(C)CC[C@H]2CN(C(=O)c3ncccn3)CC[C@@]2(C)O1. The van der Waals surface area contributed by atoms with Gasteiger partial charge in [0.25, 0.3) is 5.91 Å². The van der Waals surface area contributed by atoms with Crippen molar-refractivity contribution in [3.63, 3.8) is 0 Å². The van der Waals surface area contributed by atoms with Crippen LogP contribution in [0.25, 0.3) is 0 Å². The molecule has 0 aliphatic carbocycles. The standard InChI is InChI=1S/C16H23N3O2/c1-15(2)6-5-12-11-19(10-7-16(12,3)21-15)14(20)13-17-8-4-9-18-13/h4,8-9,12H,5-7,10-11H2,1-3H3/t12-,16+/m0/s1. The van der Waals surface area contributed by atoms with Crippen LogP contribution in [0.5, 0.6) is 0 Å². The molecule has 2 aliphatic heterocycles. The number of fused-ring (bicyclic) bond motifs is 1. The van der Waals surface area contributed by atoms with E-state index in [4.69, 9.17) is 4.74 Å². The minimum atomic E-state index is -0.115. The smallest absolute Gasteiger partial charge is 0.291 e. The summed E-state index contributed by atoms with van der Waals surface area (Å²) in [4.78, 5) is 22.5. The van der Waals surface area contributed by atoms with Gasteiger partial charge in [-0.1, -0.05) is 0 Å². The molecule has 1 amide bonds. The Bertz CT molecular complexity index is 532. The number of aromatic nitrogens is 2. The molecular formula is C16H23N3O2. The highest BCUT2D eigenvalue weighted by Gasteiger charge is 2.48. The van der Waals surface area contributed by atoms with Crippen LogP contribution in [0, 0.1) is 5.92 Å². The number of amides is 1. The molecule has 0 bridgehead atoms. The lowest BCUT2D eigenvalue weighted by molar-refractivity contribution is -0.210. The van der Waals surface area contributed by atoms with Crippen LogP contribution in [0.3, 0.4) is 0 Å². The maximum absolute atomic E-state index is 12.5. The first kappa shape index (κ1) is 14.4. The molecule has 1 aromatic rings. The van der Waals surface area contributed by atoms with Crippen LogP contribution in [0.15, 0.2) is 18.5 Å². The van der Waals surface area contributed by atoms with E-state index in [0.29, 0.717) is 12.5 Å². The molecule has 0 saturated carbocycles. The average molecular weight is 289 g/mol. The van der Waals surface area contributed by atoms with Crippen molar-refractivity contribution in [2.24, 2.45) is 5.92 Å². The summed E-state index contributed by atoms with van der Waals surface area (Å²) in [7, 11) is 0. The lowest BCUT2D eigenvalue weighted by atomic mass is 9.74. The van der Waals surface area contributed by atoms with E-state index in [0.717, 1.165) is 25.8 Å². The minimum Gasteiger partial charge on any atom is -0.369 e. The van der Waals surface area contributed by atoms with Crippen LogP contribution in [0.2, 0.25) is 0 Å². The van der Waals surface area contributed by atoms with Gasteiger partial charge >= 0.3 is 0 Å². The van der Waals surface area contributed by atoms with Gasteiger partial charge in [-0.25, -0.2) is 9.97 Å². The van der Waals surface area contributed by atoms with Gasteiger partial charge in [0.05, 0.1) is 11.2 Å². The Balaban J connectivity index is 1.72. The number of piperidine rings is 1. The second-order valence-electron chi connectivity index (χ2n) is 6.98. The first-order chi connectivity index (χ1) is 9.90. The van der Waals surface area contributed by atoms with Crippen molar-refractivity contribution < 1.29 is 9.53 Å². The third-order valence-corrected chi connectivity index (χ3v) is 4.83. The third kappa shape index (κ3) is 2.79. The Hall–Kier alpha value is -1.49. The summed E-state index contributed by atoms with van der Waals surface area (Å²) in [5, 5.41) is 0. The predicted molar refractivity (Wildman–Crippen MR) is 78.8 cm³/mol. The van der Waals surface area contributed by atoms with Gasteiger partial charge in [-0.2, -0.15) is 0 Å². The first-order valence-corrected chi connectivity index (χ1v) is 7.66. The second-order valence-corrected chi connectivity index (χ2v) is 6.98. The van der Waals surface area contributed by atoms with E-state index in [9.17, 15) is 4.79 Å². The quantitative estimate of drug-likeness (QED) is 0.796. The van der Waals surface area contributed by atoms with Gasteiger partial charge < -0.3 is 9.64 Å². The highest BCUT2D eigenvalue weighted by Crippen LogP contribution is 2.43. The van der Waals surface area contributed by atoms with Crippen molar-refractivity contribution in [1.29, 1.82) is 0 Å². The number of nitrogens with zero attached hydrogens (tertiary/aromatic N) is 3. The van der Waals surface area contributed by atoms with E-state index in [1.54, 1.807) is 18.5 Å². The van der Waals surface area contributed by atoms with Crippen LogP contribution >= 0.6 is 0 Å². The molecule has 0 radical (unpaired) electrons. The molecule has 114 valence electrons. The molecule has 3 rings (SSSR count). The summed E-state index contributed by atoms with van der Waals surface area (Å²) in [5.41, 5.74) is -0.171. The van der Waals surface area contributed by atoms with Gasteiger partial charge in [0.2, 0.25) is 5.82 Å². The van der Waals surface area contributed by atoms with Crippen LogP contribution in [-0.2, 0) is 4.74 Å². The fourth-order valence-corrected chi connectivity index (χ4v) is 3.58. The molecule has 5 heteroatoms. The van der Waals surface area contributed by atoms with Gasteiger partial charge in [-0.3, -0.25) is 4.79 Å². The first-order valence-electron chi connectivity index (χ1n) is 7.66. The van der Waals surface area contributed by atoms with Crippen molar-refractivity contribution in [3.8, 4) is 0 Å². The van der Waals surface area contributed by atoms with E-state index in [1.165, 1.54) is 0 Å².